The van der Waals surface area contributed by atoms with Crippen molar-refractivity contribution in [3.05, 3.63) is 83.9 Å². The maximum Gasteiger partial charge on any atom is 0.261 e. The lowest BCUT2D eigenvalue weighted by Crippen LogP contribution is -2.14. The highest BCUT2D eigenvalue weighted by atomic mass is 32.2. The second kappa shape index (κ2) is 9.65. The van der Waals surface area contributed by atoms with Crippen molar-refractivity contribution in [1.82, 2.24) is 0 Å². The third-order valence-corrected chi connectivity index (χ3v) is 6.82. The number of nitrogens with two attached hydrogens (primary N) is 1. The number of sulfonamides is 2. The van der Waals surface area contributed by atoms with Crippen molar-refractivity contribution < 1.29 is 30.4 Å². The first-order chi connectivity index (χ1) is 15.4. The van der Waals surface area contributed by atoms with Gasteiger partial charge in [-0.1, -0.05) is 12.1 Å². The van der Waals surface area contributed by atoms with Gasteiger partial charge in [-0.25, -0.2) is 30.8 Å². The topological polar surface area (TPSA) is 135 Å². The van der Waals surface area contributed by atoms with E-state index in [-0.39, 0.29) is 22.9 Å². The third-order valence-electron chi connectivity index (χ3n) is 4.51. The van der Waals surface area contributed by atoms with Crippen LogP contribution in [0.15, 0.2) is 76.5 Å². The molecule has 1 amide bonds. The van der Waals surface area contributed by atoms with Gasteiger partial charge in [0.2, 0.25) is 15.9 Å². The molecule has 0 atom stereocenters. The molecular formula is C21H19F2N3O5S2. The Morgan fingerprint density at radius 2 is 1.36 bits per heavy atom. The fourth-order valence-electron chi connectivity index (χ4n) is 2.81. The summed E-state index contributed by atoms with van der Waals surface area (Å²) in [6.07, 6.45) is 0.488. The molecule has 0 heterocycles. The summed E-state index contributed by atoms with van der Waals surface area (Å²) in [5, 5.41) is 7.70. The van der Waals surface area contributed by atoms with Crippen LogP contribution in [0.5, 0.6) is 0 Å². The fraction of sp³-hybridized carbons (Fsp3) is 0.0952. The van der Waals surface area contributed by atoms with Crippen LogP contribution < -0.4 is 15.2 Å². The van der Waals surface area contributed by atoms with Gasteiger partial charge in [-0.3, -0.25) is 9.52 Å². The van der Waals surface area contributed by atoms with E-state index in [2.05, 4.69) is 10.0 Å². The highest BCUT2D eigenvalue weighted by molar-refractivity contribution is 7.92. The van der Waals surface area contributed by atoms with Gasteiger partial charge in [0.25, 0.3) is 10.0 Å². The molecular weight excluding hydrogens is 476 g/mol. The monoisotopic (exact) mass is 495 g/mol. The molecule has 0 spiro atoms. The standard InChI is InChI=1S/C21H19F2N3O5S2/c22-19-11-10-18(13-20(19)23)33(30,31)26-16-6-4-15(5-7-16)25-21(27)12-3-14-1-8-17(9-2-14)32(24,28)29/h1-2,4-11,13,26H,3,12H2,(H,25,27)(H2,24,28,29). The van der Waals surface area contributed by atoms with Crippen LogP contribution in [-0.2, 0) is 31.3 Å². The van der Waals surface area contributed by atoms with E-state index in [1.807, 2.05) is 0 Å². The van der Waals surface area contributed by atoms with Gasteiger partial charge >= 0.3 is 0 Å². The second-order valence-electron chi connectivity index (χ2n) is 7.00. The van der Waals surface area contributed by atoms with E-state index in [9.17, 15) is 30.4 Å². The van der Waals surface area contributed by atoms with Crippen molar-refractivity contribution in [3.63, 3.8) is 0 Å². The number of primary sulfonamides is 1. The molecule has 0 aliphatic rings. The van der Waals surface area contributed by atoms with Crippen LogP contribution in [0.4, 0.5) is 20.2 Å². The maximum absolute atomic E-state index is 13.3. The van der Waals surface area contributed by atoms with E-state index in [1.54, 1.807) is 12.1 Å². The molecule has 33 heavy (non-hydrogen) atoms. The van der Waals surface area contributed by atoms with Gasteiger partial charge in [0.15, 0.2) is 11.6 Å². The largest absolute Gasteiger partial charge is 0.326 e. The zero-order valence-corrected chi connectivity index (χ0v) is 18.6. The SMILES string of the molecule is NS(=O)(=O)c1ccc(CCC(=O)Nc2ccc(NS(=O)(=O)c3ccc(F)c(F)c3)cc2)cc1. The number of rotatable bonds is 8. The van der Waals surface area contributed by atoms with Crippen molar-refractivity contribution in [2.24, 2.45) is 5.14 Å². The van der Waals surface area contributed by atoms with Gasteiger partial charge in [0.1, 0.15) is 0 Å². The van der Waals surface area contributed by atoms with Crippen LogP contribution in [0.1, 0.15) is 12.0 Å². The fourth-order valence-corrected chi connectivity index (χ4v) is 4.39. The van der Waals surface area contributed by atoms with Crippen molar-refractivity contribution >= 4 is 37.3 Å². The Labute approximate surface area is 189 Å². The number of amides is 1. The number of hydrogen-bond acceptors (Lipinski definition) is 5. The molecule has 3 aromatic rings. The van der Waals surface area contributed by atoms with Crippen molar-refractivity contribution in [2.45, 2.75) is 22.6 Å². The molecule has 174 valence electrons. The molecule has 0 bridgehead atoms. The molecule has 12 heteroatoms. The molecule has 8 nitrogen and oxygen atoms in total. The number of nitrogens with one attached hydrogen (secondary N) is 2. The predicted molar refractivity (Wildman–Crippen MR) is 118 cm³/mol. The Morgan fingerprint density at radius 3 is 1.94 bits per heavy atom. The zero-order chi connectivity index (χ0) is 24.2. The van der Waals surface area contributed by atoms with E-state index in [1.165, 1.54) is 36.4 Å². The molecule has 0 aliphatic carbocycles. The van der Waals surface area contributed by atoms with Crippen molar-refractivity contribution in [3.8, 4) is 0 Å². The zero-order valence-electron chi connectivity index (χ0n) is 17.0. The normalized spacial score (nSPS) is 11.7. The van der Waals surface area contributed by atoms with Gasteiger partial charge in [-0.05, 0) is 66.6 Å². The average Bonchev–Trinajstić information content (AvgIpc) is 2.75. The van der Waals surface area contributed by atoms with Crippen LogP contribution >= 0.6 is 0 Å². The van der Waals surface area contributed by atoms with Crippen molar-refractivity contribution in [2.75, 3.05) is 10.0 Å². The van der Waals surface area contributed by atoms with Gasteiger partial charge < -0.3 is 5.32 Å². The number of halogens is 2. The van der Waals surface area contributed by atoms with Gasteiger partial charge in [-0.15, -0.1) is 0 Å². The summed E-state index contributed by atoms with van der Waals surface area (Å²) in [4.78, 5) is 11.7. The molecule has 0 unspecified atom stereocenters. The molecule has 0 saturated heterocycles. The van der Waals surface area contributed by atoms with Gasteiger partial charge in [-0.2, -0.15) is 0 Å². The number of hydrogen-bond donors (Lipinski definition) is 3. The summed E-state index contributed by atoms with van der Waals surface area (Å²) in [5.41, 5.74) is 1.33. The minimum Gasteiger partial charge on any atom is -0.326 e. The van der Waals surface area contributed by atoms with E-state index in [4.69, 9.17) is 5.14 Å². The van der Waals surface area contributed by atoms with Crippen LogP contribution in [0.2, 0.25) is 0 Å². The number of carbonyl (C=O) groups is 1. The molecule has 0 saturated carbocycles. The molecule has 3 aromatic carbocycles. The van der Waals surface area contributed by atoms with Crippen molar-refractivity contribution in [1.29, 1.82) is 0 Å². The smallest absolute Gasteiger partial charge is 0.261 e. The van der Waals surface area contributed by atoms with E-state index >= 15 is 0 Å². The number of aryl methyl sites for hydroxylation is 1. The summed E-state index contributed by atoms with van der Waals surface area (Å²) in [6.45, 7) is 0. The Balaban J connectivity index is 1.56. The van der Waals surface area contributed by atoms with Crippen LogP contribution in [0.25, 0.3) is 0 Å². The Morgan fingerprint density at radius 1 is 0.788 bits per heavy atom. The molecule has 0 fully saturated rings. The molecule has 0 aliphatic heterocycles. The summed E-state index contributed by atoms with van der Waals surface area (Å²) in [6, 6.07) is 13.9. The van der Waals surface area contributed by atoms with Crippen LogP contribution in [0, 0.1) is 11.6 Å². The number of carbonyl (C=O) groups excluding carboxylic acids is 1. The summed E-state index contributed by atoms with van der Waals surface area (Å²) in [7, 11) is -7.91. The summed E-state index contributed by atoms with van der Waals surface area (Å²) in [5.74, 6) is -2.74. The lowest BCUT2D eigenvalue weighted by Gasteiger charge is -2.10. The first-order valence-electron chi connectivity index (χ1n) is 9.43. The van der Waals surface area contributed by atoms with Crippen LogP contribution in [0.3, 0.4) is 0 Å². The summed E-state index contributed by atoms with van der Waals surface area (Å²) >= 11 is 0. The van der Waals surface area contributed by atoms with E-state index in [0.717, 1.165) is 17.7 Å². The predicted octanol–water partition coefficient (Wildman–Crippen LogP) is 2.98. The highest BCUT2D eigenvalue weighted by Gasteiger charge is 2.17. The minimum atomic E-state index is -4.13. The Kier molecular flexibility index (Phi) is 7.10. The van der Waals surface area contributed by atoms with Gasteiger partial charge in [0, 0.05) is 17.8 Å². The quantitative estimate of drug-likeness (QED) is 0.442. The Hall–Kier alpha value is -3.35. The summed E-state index contributed by atoms with van der Waals surface area (Å²) < 4.78 is 75.7. The maximum atomic E-state index is 13.3. The Bertz CT molecular complexity index is 1380. The minimum absolute atomic E-state index is 0.0176. The number of anilines is 2. The highest BCUT2D eigenvalue weighted by Crippen LogP contribution is 2.20. The number of benzene rings is 3. The van der Waals surface area contributed by atoms with Crippen LogP contribution in [-0.4, -0.2) is 22.7 Å². The van der Waals surface area contributed by atoms with Gasteiger partial charge in [0.05, 0.1) is 9.79 Å². The lowest BCUT2D eigenvalue weighted by molar-refractivity contribution is -0.116. The second-order valence-corrected chi connectivity index (χ2v) is 10.2. The first-order valence-corrected chi connectivity index (χ1v) is 12.5. The lowest BCUT2D eigenvalue weighted by atomic mass is 10.1. The molecule has 0 aromatic heterocycles. The molecule has 4 N–H and O–H groups in total. The van der Waals surface area contributed by atoms with E-state index < -0.39 is 36.6 Å². The third kappa shape index (κ3) is 6.57. The van der Waals surface area contributed by atoms with E-state index in [0.29, 0.717) is 18.2 Å². The molecule has 3 rings (SSSR count). The average molecular weight is 496 g/mol. The molecule has 0 radical (unpaired) electrons. The first kappa shape index (κ1) is 24.3.